The third kappa shape index (κ3) is 3.68. The molecule has 0 unspecified atom stereocenters. The first-order valence-electron chi connectivity index (χ1n) is 4.82. The fourth-order valence-electron chi connectivity index (χ4n) is 1.25. The first-order valence-corrected chi connectivity index (χ1v) is 5.98. The molecule has 1 aromatic carbocycles. The summed E-state index contributed by atoms with van der Waals surface area (Å²) in [5, 5.41) is 0. The van der Waals surface area contributed by atoms with Crippen LogP contribution in [0.4, 0.5) is 4.39 Å². The van der Waals surface area contributed by atoms with E-state index < -0.39 is 0 Å². The van der Waals surface area contributed by atoms with Crippen LogP contribution in [-0.4, -0.2) is 5.75 Å². The van der Waals surface area contributed by atoms with Crippen LogP contribution in [0.25, 0.3) is 0 Å². The molecule has 78 valence electrons. The predicted molar refractivity (Wildman–Crippen MR) is 60.7 cm³/mol. The monoisotopic (exact) mass is 213 g/mol. The SMILES string of the molecule is CCCSCc1cc(F)cc(CN)c1. The number of halogens is 1. The van der Waals surface area contributed by atoms with Gasteiger partial charge >= 0.3 is 0 Å². The Labute approximate surface area is 88.9 Å². The van der Waals surface area contributed by atoms with Crippen molar-refractivity contribution in [3.05, 3.63) is 35.1 Å². The van der Waals surface area contributed by atoms with Crippen molar-refractivity contribution in [1.82, 2.24) is 0 Å². The largest absolute Gasteiger partial charge is 0.326 e. The summed E-state index contributed by atoms with van der Waals surface area (Å²) in [5.41, 5.74) is 7.37. The van der Waals surface area contributed by atoms with Crippen molar-refractivity contribution >= 4 is 11.8 Å². The third-order valence-corrected chi connectivity index (χ3v) is 3.10. The molecule has 0 saturated carbocycles. The van der Waals surface area contributed by atoms with Crippen LogP contribution in [-0.2, 0) is 12.3 Å². The van der Waals surface area contributed by atoms with Gasteiger partial charge in [0.05, 0.1) is 0 Å². The molecule has 1 nitrogen and oxygen atoms in total. The van der Waals surface area contributed by atoms with Gasteiger partial charge < -0.3 is 5.73 Å². The lowest BCUT2D eigenvalue weighted by Gasteiger charge is -2.04. The second-order valence-electron chi connectivity index (χ2n) is 3.22. The van der Waals surface area contributed by atoms with Gasteiger partial charge in [0.25, 0.3) is 0 Å². The van der Waals surface area contributed by atoms with E-state index in [0.29, 0.717) is 6.54 Å². The number of thioether (sulfide) groups is 1. The zero-order valence-electron chi connectivity index (χ0n) is 8.42. The molecule has 0 aliphatic heterocycles. The molecule has 0 heterocycles. The Morgan fingerprint density at radius 1 is 1.29 bits per heavy atom. The number of benzene rings is 1. The average Bonchev–Trinajstić information content (AvgIpc) is 2.17. The average molecular weight is 213 g/mol. The summed E-state index contributed by atoms with van der Waals surface area (Å²) in [6, 6.07) is 5.06. The highest BCUT2D eigenvalue weighted by atomic mass is 32.2. The van der Waals surface area contributed by atoms with Crippen LogP contribution < -0.4 is 5.73 Å². The van der Waals surface area contributed by atoms with Crippen LogP contribution in [0.3, 0.4) is 0 Å². The quantitative estimate of drug-likeness (QED) is 0.761. The van der Waals surface area contributed by atoms with E-state index in [-0.39, 0.29) is 5.82 Å². The fraction of sp³-hybridized carbons (Fsp3) is 0.455. The predicted octanol–water partition coefficient (Wildman–Crippen LogP) is 2.93. The zero-order chi connectivity index (χ0) is 10.4. The highest BCUT2D eigenvalue weighted by Gasteiger charge is 1.99. The van der Waals surface area contributed by atoms with E-state index in [9.17, 15) is 4.39 Å². The molecule has 0 aliphatic carbocycles. The van der Waals surface area contributed by atoms with E-state index in [4.69, 9.17) is 5.73 Å². The van der Waals surface area contributed by atoms with Crippen molar-refractivity contribution in [2.24, 2.45) is 5.73 Å². The molecule has 0 radical (unpaired) electrons. The summed E-state index contributed by atoms with van der Waals surface area (Å²) in [4.78, 5) is 0. The topological polar surface area (TPSA) is 26.0 Å². The fourth-order valence-corrected chi connectivity index (χ4v) is 2.09. The Hall–Kier alpha value is -0.540. The van der Waals surface area contributed by atoms with Crippen LogP contribution in [0.15, 0.2) is 18.2 Å². The van der Waals surface area contributed by atoms with Gasteiger partial charge in [0, 0.05) is 12.3 Å². The molecule has 0 bridgehead atoms. The standard InChI is InChI=1S/C11H16FNS/c1-2-3-14-8-10-4-9(7-13)5-11(12)6-10/h4-6H,2-3,7-8,13H2,1H3. The molecule has 1 aromatic rings. The Morgan fingerprint density at radius 3 is 2.64 bits per heavy atom. The zero-order valence-corrected chi connectivity index (χ0v) is 9.24. The highest BCUT2D eigenvalue weighted by Crippen LogP contribution is 2.16. The molecule has 0 fully saturated rings. The van der Waals surface area contributed by atoms with Crippen LogP contribution >= 0.6 is 11.8 Å². The number of hydrogen-bond donors (Lipinski definition) is 1. The minimum atomic E-state index is -0.181. The highest BCUT2D eigenvalue weighted by molar-refractivity contribution is 7.98. The molecule has 0 atom stereocenters. The van der Waals surface area contributed by atoms with E-state index in [2.05, 4.69) is 6.92 Å². The van der Waals surface area contributed by atoms with Gasteiger partial charge in [0.15, 0.2) is 0 Å². The summed E-state index contributed by atoms with van der Waals surface area (Å²) in [6.07, 6.45) is 1.16. The summed E-state index contributed by atoms with van der Waals surface area (Å²) in [6.45, 7) is 2.55. The number of nitrogens with two attached hydrogens (primary N) is 1. The lowest BCUT2D eigenvalue weighted by molar-refractivity contribution is 0.624. The van der Waals surface area contributed by atoms with E-state index in [1.54, 1.807) is 6.07 Å². The molecule has 0 aromatic heterocycles. The second kappa shape index (κ2) is 6.04. The number of rotatable bonds is 5. The first-order chi connectivity index (χ1) is 6.76. The molecule has 2 N–H and O–H groups in total. The molecule has 0 aliphatic rings. The molecule has 14 heavy (non-hydrogen) atoms. The molecule has 0 amide bonds. The normalized spacial score (nSPS) is 10.5. The van der Waals surface area contributed by atoms with Crippen LogP contribution in [0, 0.1) is 5.82 Å². The summed E-state index contributed by atoms with van der Waals surface area (Å²) in [5.74, 6) is 1.81. The second-order valence-corrected chi connectivity index (χ2v) is 4.33. The molecule has 3 heteroatoms. The van der Waals surface area contributed by atoms with Crippen molar-refractivity contribution in [3.63, 3.8) is 0 Å². The van der Waals surface area contributed by atoms with E-state index in [1.165, 1.54) is 6.07 Å². The Morgan fingerprint density at radius 2 is 2.00 bits per heavy atom. The summed E-state index contributed by atoms with van der Waals surface area (Å²) in [7, 11) is 0. The maximum absolute atomic E-state index is 13.1. The number of hydrogen-bond acceptors (Lipinski definition) is 2. The summed E-state index contributed by atoms with van der Waals surface area (Å²) >= 11 is 1.83. The van der Waals surface area contributed by atoms with Gasteiger partial charge in [0.2, 0.25) is 0 Å². The van der Waals surface area contributed by atoms with Crippen LogP contribution in [0.5, 0.6) is 0 Å². The molecular weight excluding hydrogens is 197 g/mol. The lowest BCUT2D eigenvalue weighted by atomic mass is 10.1. The van der Waals surface area contributed by atoms with Crippen molar-refractivity contribution in [3.8, 4) is 0 Å². The minimum absolute atomic E-state index is 0.181. The van der Waals surface area contributed by atoms with Gasteiger partial charge in [-0.15, -0.1) is 0 Å². The van der Waals surface area contributed by atoms with Crippen molar-refractivity contribution in [2.75, 3.05) is 5.75 Å². The van der Waals surface area contributed by atoms with Gasteiger partial charge in [-0.1, -0.05) is 13.0 Å². The smallest absolute Gasteiger partial charge is 0.123 e. The van der Waals surface area contributed by atoms with Gasteiger partial charge in [0.1, 0.15) is 5.82 Å². The van der Waals surface area contributed by atoms with E-state index in [1.807, 2.05) is 17.8 Å². The molecule has 0 saturated heterocycles. The Kier molecular flexibility index (Phi) is 4.98. The molecule has 0 spiro atoms. The third-order valence-electron chi connectivity index (χ3n) is 1.87. The van der Waals surface area contributed by atoms with Crippen molar-refractivity contribution < 1.29 is 4.39 Å². The molecule has 1 rings (SSSR count). The van der Waals surface area contributed by atoms with Gasteiger partial charge in [-0.05, 0) is 35.4 Å². The Balaban J connectivity index is 2.62. The Bertz CT molecular complexity index is 289. The van der Waals surface area contributed by atoms with E-state index >= 15 is 0 Å². The lowest BCUT2D eigenvalue weighted by Crippen LogP contribution is -1.98. The van der Waals surface area contributed by atoms with Gasteiger partial charge in [-0.2, -0.15) is 11.8 Å². The van der Waals surface area contributed by atoms with E-state index in [0.717, 1.165) is 29.1 Å². The maximum atomic E-state index is 13.1. The van der Waals surface area contributed by atoms with Crippen molar-refractivity contribution in [2.45, 2.75) is 25.6 Å². The summed E-state index contributed by atoms with van der Waals surface area (Å²) < 4.78 is 13.1. The first kappa shape index (κ1) is 11.5. The maximum Gasteiger partial charge on any atom is 0.123 e. The van der Waals surface area contributed by atoms with Gasteiger partial charge in [-0.3, -0.25) is 0 Å². The van der Waals surface area contributed by atoms with Crippen molar-refractivity contribution in [1.29, 1.82) is 0 Å². The van der Waals surface area contributed by atoms with Gasteiger partial charge in [-0.25, -0.2) is 4.39 Å². The minimum Gasteiger partial charge on any atom is -0.326 e. The molecular formula is C11H16FNS. The van der Waals surface area contributed by atoms with Crippen LogP contribution in [0.1, 0.15) is 24.5 Å². The van der Waals surface area contributed by atoms with Crippen LogP contribution in [0.2, 0.25) is 0 Å².